The summed E-state index contributed by atoms with van der Waals surface area (Å²) in [6.07, 6.45) is 0.122. The molecule has 274 valence electrons. The zero-order valence-electron chi connectivity index (χ0n) is 30.9. The molecule has 2 atom stereocenters. The van der Waals surface area contributed by atoms with Gasteiger partial charge in [0.2, 0.25) is 0 Å². The van der Waals surface area contributed by atoms with E-state index in [1.807, 2.05) is 218 Å². The monoisotopic (exact) mass is 730 g/mol. The van der Waals surface area contributed by atoms with Crippen LogP contribution in [0.15, 0.2) is 218 Å². The van der Waals surface area contributed by atoms with Crippen molar-refractivity contribution >= 4 is 33.9 Å². The lowest BCUT2D eigenvalue weighted by Gasteiger charge is -2.27. The largest absolute Gasteiger partial charge is 0.380 e. The number of benzene rings is 7. The second-order valence-electron chi connectivity index (χ2n) is 13.8. The summed E-state index contributed by atoms with van der Waals surface area (Å²) < 4.78 is 0. The van der Waals surface area contributed by atoms with E-state index in [-0.39, 0.29) is 24.4 Å². The summed E-state index contributed by atoms with van der Waals surface area (Å²) in [4.78, 5) is 25.9. The third-order valence-electron chi connectivity index (χ3n) is 10.1. The highest BCUT2D eigenvalue weighted by molar-refractivity contribution is 6.33. The van der Waals surface area contributed by atoms with Gasteiger partial charge in [-0.15, -0.1) is 0 Å². The molecule has 0 radical (unpaired) electrons. The third kappa shape index (κ3) is 7.89. The minimum atomic E-state index is -1.31. The standard InChI is InChI=1S/2C23H18O2.C6H6/c2*24-20-16-23(25,19-14-8-3-9-15-19)22(18-12-6-2-7-13-18)21(20)17-10-4-1-5-11-17;1-2-4-6-5-3-1/h2*1-15,25H,16H2;1-6H. The van der Waals surface area contributed by atoms with E-state index >= 15 is 0 Å². The Morgan fingerprint density at radius 3 is 0.786 bits per heavy atom. The van der Waals surface area contributed by atoms with Crippen molar-refractivity contribution in [2.24, 2.45) is 0 Å². The van der Waals surface area contributed by atoms with Gasteiger partial charge in [0.1, 0.15) is 11.2 Å². The summed E-state index contributed by atoms with van der Waals surface area (Å²) in [6, 6.07) is 69.5. The number of Topliss-reactive ketones (excluding diaryl/α,β-unsaturated/α-hetero) is 2. The highest BCUT2D eigenvalue weighted by Gasteiger charge is 2.47. The van der Waals surface area contributed by atoms with Crippen LogP contribution in [0.5, 0.6) is 0 Å². The minimum absolute atomic E-state index is 0.0311. The van der Waals surface area contributed by atoms with E-state index in [1.54, 1.807) is 0 Å². The molecule has 0 aromatic heterocycles. The maximum atomic E-state index is 12.9. The van der Waals surface area contributed by atoms with Gasteiger partial charge in [-0.2, -0.15) is 0 Å². The lowest BCUT2D eigenvalue weighted by atomic mass is 9.83. The molecule has 2 N–H and O–H groups in total. The zero-order valence-corrected chi connectivity index (χ0v) is 30.9. The van der Waals surface area contributed by atoms with Crippen LogP contribution in [0, 0.1) is 0 Å². The summed E-state index contributed by atoms with van der Waals surface area (Å²) in [5, 5.41) is 23.2. The fraction of sp³-hybridized carbons (Fsp3) is 0.0769. The van der Waals surface area contributed by atoms with Crippen LogP contribution >= 0.6 is 0 Å². The van der Waals surface area contributed by atoms with Crippen molar-refractivity contribution in [3.8, 4) is 0 Å². The first-order valence-corrected chi connectivity index (χ1v) is 18.7. The van der Waals surface area contributed by atoms with Crippen molar-refractivity contribution in [2.75, 3.05) is 0 Å². The van der Waals surface area contributed by atoms with Gasteiger partial charge in [0.15, 0.2) is 11.6 Å². The molecule has 4 heteroatoms. The van der Waals surface area contributed by atoms with Gasteiger partial charge in [-0.25, -0.2) is 0 Å². The van der Waals surface area contributed by atoms with E-state index in [1.165, 1.54) is 0 Å². The molecular formula is C52H42O4. The molecule has 2 aliphatic rings. The number of carbonyl (C=O) groups excluding carboxylic acids is 2. The fourth-order valence-corrected chi connectivity index (χ4v) is 7.61. The van der Waals surface area contributed by atoms with Crippen molar-refractivity contribution in [3.63, 3.8) is 0 Å². The molecule has 0 amide bonds. The number of carbonyl (C=O) groups is 2. The summed E-state index contributed by atoms with van der Waals surface area (Å²) in [7, 11) is 0. The van der Waals surface area contributed by atoms with Crippen LogP contribution in [0.2, 0.25) is 0 Å². The van der Waals surface area contributed by atoms with Crippen LogP contribution in [0.4, 0.5) is 0 Å². The smallest absolute Gasteiger partial charge is 0.167 e. The Morgan fingerprint density at radius 1 is 0.304 bits per heavy atom. The van der Waals surface area contributed by atoms with E-state index < -0.39 is 11.2 Å². The third-order valence-corrected chi connectivity index (χ3v) is 10.1. The molecule has 7 aromatic carbocycles. The van der Waals surface area contributed by atoms with Crippen LogP contribution in [0.25, 0.3) is 22.3 Å². The molecule has 2 unspecified atom stereocenters. The minimum Gasteiger partial charge on any atom is -0.380 e. The molecule has 7 aromatic rings. The van der Waals surface area contributed by atoms with Crippen molar-refractivity contribution in [2.45, 2.75) is 24.0 Å². The van der Waals surface area contributed by atoms with Crippen molar-refractivity contribution in [1.29, 1.82) is 0 Å². The van der Waals surface area contributed by atoms with Crippen molar-refractivity contribution in [1.82, 2.24) is 0 Å². The SMILES string of the molecule is O=C1CC(O)(c2ccccc2)C(c2ccccc2)=C1c1ccccc1.O=C1CC(O)(c2ccccc2)C(c2ccccc2)=C1c1ccccc1.c1ccccc1. The van der Waals surface area contributed by atoms with E-state index in [0.29, 0.717) is 22.3 Å². The molecule has 4 nitrogen and oxygen atoms in total. The Kier molecular flexibility index (Phi) is 11.5. The molecule has 0 bridgehead atoms. The Balaban J connectivity index is 0.000000149. The summed E-state index contributed by atoms with van der Waals surface area (Å²) in [5.74, 6) is -0.0622. The molecule has 0 aliphatic heterocycles. The number of rotatable bonds is 6. The molecule has 0 saturated carbocycles. The first kappa shape index (κ1) is 37.6. The quantitative estimate of drug-likeness (QED) is 0.179. The van der Waals surface area contributed by atoms with Crippen LogP contribution in [0.1, 0.15) is 46.2 Å². The molecular weight excluding hydrogens is 689 g/mol. The normalized spacial score (nSPS) is 18.8. The van der Waals surface area contributed by atoms with Gasteiger partial charge >= 0.3 is 0 Å². The van der Waals surface area contributed by atoms with Crippen LogP contribution in [0.3, 0.4) is 0 Å². The topological polar surface area (TPSA) is 74.6 Å². The van der Waals surface area contributed by atoms with Crippen molar-refractivity contribution < 1.29 is 19.8 Å². The van der Waals surface area contributed by atoms with E-state index in [2.05, 4.69) is 0 Å². The summed E-state index contributed by atoms with van der Waals surface area (Å²) in [6.45, 7) is 0. The first-order valence-electron chi connectivity index (χ1n) is 18.7. The van der Waals surface area contributed by atoms with Crippen LogP contribution in [-0.2, 0) is 20.8 Å². The van der Waals surface area contributed by atoms with E-state index in [9.17, 15) is 19.8 Å². The Bertz CT molecular complexity index is 2240. The summed E-state index contributed by atoms with van der Waals surface area (Å²) in [5.41, 5.74) is 4.90. The highest BCUT2D eigenvalue weighted by Crippen LogP contribution is 2.51. The molecule has 0 spiro atoms. The average molecular weight is 731 g/mol. The van der Waals surface area contributed by atoms with Gasteiger partial charge in [-0.05, 0) is 33.4 Å². The zero-order chi connectivity index (χ0) is 38.8. The highest BCUT2D eigenvalue weighted by atomic mass is 16.3. The average Bonchev–Trinajstić information content (AvgIpc) is 3.72. The van der Waals surface area contributed by atoms with E-state index in [4.69, 9.17) is 0 Å². The predicted molar refractivity (Wildman–Crippen MR) is 226 cm³/mol. The van der Waals surface area contributed by atoms with Gasteiger partial charge in [-0.3, -0.25) is 9.59 Å². The van der Waals surface area contributed by atoms with Gasteiger partial charge in [0.05, 0.1) is 0 Å². The molecule has 9 rings (SSSR count). The number of ketones is 2. The molecule has 0 saturated heterocycles. The van der Waals surface area contributed by atoms with Gasteiger partial charge in [0.25, 0.3) is 0 Å². The Morgan fingerprint density at radius 2 is 0.518 bits per heavy atom. The number of aliphatic hydroxyl groups is 2. The van der Waals surface area contributed by atoms with Crippen LogP contribution in [-0.4, -0.2) is 21.8 Å². The Labute approximate surface area is 328 Å². The fourth-order valence-electron chi connectivity index (χ4n) is 7.61. The lowest BCUT2D eigenvalue weighted by Crippen LogP contribution is -2.25. The van der Waals surface area contributed by atoms with Crippen molar-refractivity contribution in [3.05, 3.63) is 252 Å². The second-order valence-corrected chi connectivity index (χ2v) is 13.8. The number of allylic oxidation sites excluding steroid dienone is 2. The maximum absolute atomic E-state index is 12.9. The lowest BCUT2D eigenvalue weighted by molar-refractivity contribution is -0.116. The first-order chi connectivity index (χ1) is 27.4. The maximum Gasteiger partial charge on any atom is 0.167 e. The Hall–Kier alpha value is -6.72. The number of hydrogen-bond acceptors (Lipinski definition) is 4. The second kappa shape index (κ2) is 17.2. The van der Waals surface area contributed by atoms with Gasteiger partial charge in [-0.1, -0.05) is 218 Å². The van der Waals surface area contributed by atoms with Crippen LogP contribution < -0.4 is 0 Å². The molecule has 0 fully saturated rings. The molecule has 56 heavy (non-hydrogen) atoms. The predicted octanol–water partition coefficient (Wildman–Crippen LogP) is 10.6. The number of hydrogen-bond donors (Lipinski definition) is 2. The molecule has 0 heterocycles. The molecule has 2 aliphatic carbocycles. The van der Waals surface area contributed by atoms with Gasteiger partial charge in [0, 0.05) is 35.1 Å². The van der Waals surface area contributed by atoms with Gasteiger partial charge < -0.3 is 10.2 Å². The summed E-state index contributed by atoms with van der Waals surface area (Å²) >= 11 is 0. The van der Waals surface area contributed by atoms with E-state index in [0.717, 1.165) is 33.4 Å².